The van der Waals surface area contributed by atoms with E-state index < -0.39 is 40.2 Å². The van der Waals surface area contributed by atoms with E-state index in [9.17, 15) is 32.9 Å². The number of pyridine rings is 1. The van der Waals surface area contributed by atoms with E-state index in [2.05, 4.69) is 0 Å². The van der Waals surface area contributed by atoms with Gasteiger partial charge in [-0.05, 0) is 6.07 Å². The van der Waals surface area contributed by atoms with Gasteiger partial charge in [0.1, 0.15) is 5.69 Å². The van der Waals surface area contributed by atoms with E-state index in [-0.39, 0.29) is 11.3 Å². The van der Waals surface area contributed by atoms with Crippen molar-refractivity contribution in [2.45, 2.75) is 12.6 Å². The van der Waals surface area contributed by atoms with Gasteiger partial charge in [0.05, 0.1) is 16.9 Å². The van der Waals surface area contributed by atoms with E-state index in [0.717, 1.165) is 0 Å². The molecule has 1 amide bonds. The molecule has 2 aromatic rings. The summed E-state index contributed by atoms with van der Waals surface area (Å²) < 4.78 is 37.8. The fraction of sp³-hybridized carbons (Fsp3) is 0.143. The quantitative estimate of drug-likeness (QED) is 0.658. The van der Waals surface area contributed by atoms with Crippen molar-refractivity contribution in [1.82, 2.24) is 4.98 Å². The Kier molecular flexibility index (Phi) is 4.67. The summed E-state index contributed by atoms with van der Waals surface area (Å²) in [6.45, 7) is 0. The minimum atomic E-state index is -4.69. The highest BCUT2D eigenvalue weighted by Crippen LogP contribution is 2.29. The molecule has 0 bridgehead atoms. The summed E-state index contributed by atoms with van der Waals surface area (Å²) in [6, 6.07) is 5.92. The number of benzene rings is 1. The van der Waals surface area contributed by atoms with Crippen molar-refractivity contribution >= 4 is 17.3 Å². The standard InChI is InChI=1S/C14H10F3N3O4/c15-14(16,17)9-6-10(13(22)18-7-9)19-12(21)5-8-3-1-2-4-11(8)20(23)24/h1-4,6-7H,5H2,(H,18,22)(H,19,21). The zero-order chi connectivity index (χ0) is 17.9. The largest absolute Gasteiger partial charge is 0.417 e. The van der Waals surface area contributed by atoms with Crippen molar-refractivity contribution < 1.29 is 22.9 Å². The van der Waals surface area contributed by atoms with Crippen LogP contribution in [0.15, 0.2) is 41.3 Å². The molecular weight excluding hydrogens is 331 g/mol. The molecule has 1 heterocycles. The highest BCUT2D eigenvalue weighted by molar-refractivity contribution is 5.92. The van der Waals surface area contributed by atoms with Crippen LogP contribution < -0.4 is 10.9 Å². The molecule has 2 N–H and O–H groups in total. The summed E-state index contributed by atoms with van der Waals surface area (Å²) in [7, 11) is 0. The second-order valence-electron chi connectivity index (χ2n) is 4.74. The molecule has 0 aliphatic heterocycles. The number of carbonyl (C=O) groups is 1. The van der Waals surface area contributed by atoms with Gasteiger partial charge in [-0.25, -0.2) is 0 Å². The predicted molar refractivity (Wildman–Crippen MR) is 77.5 cm³/mol. The molecule has 2 rings (SSSR count). The average molecular weight is 341 g/mol. The van der Waals surface area contributed by atoms with Crippen molar-refractivity contribution in [3.05, 3.63) is 68.1 Å². The van der Waals surface area contributed by atoms with Crippen molar-refractivity contribution in [1.29, 1.82) is 0 Å². The number of nitrogens with zero attached hydrogens (tertiary/aromatic N) is 1. The number of anilines is 1. The van der Waals surface area contributed by atoms with Gasteiger partial charge in [-0.15, -0.1) is 0 Å². The molecule has 0 saturated carbocycles. The SMILES string of the molecule is O=C(Cc1ccccc1[N+](=O)[O-])Nc1cc(C(F)(F)F)c[nH]c1=O. The summed E-state index contributed by atoms with van der Waals surface area (Å²) >= 11 is 0. The number of nitro benzene ring substituents is 1. The lowest BCUT2D eigenvalue weighted by molar-refractivity contribution is -0.385. The molecule has 1 aromatic carbocycles. The van der Waals surface area contributed by atoms with Crippen LogP contribution in [0.5, 0.6) is 0 Å². The van der Waals surface area contributed by atoms with Crippen LogP contribution in [0.2, 0.25) is 0 Å². The van der Waals surface area contributed by atoms with Crippen LogP contribution >= 0.6 is 0 Å². The maximum absolute atomic E-state index is 12.6. The fourth-order valence-electron chi connectivity index (χ4n) is 1.95. The minimum absolute atomic E-state index is 0.0726. The molecule has 0 radical (unpaired) electrons. The maximum Gasteiger partial charge on any atom is 0.417 e. The first-order valence-corrected chi connectivity index (χ1v) is 6.50. The third-order valence-electron chi connectivity index (χ3n) is 3.04. The number of hydrogen-bond donors (Lipinski definition) is 2. The molecule has 0 atom stereocenters. The average Bonchev–Trinajstić information content (AvgIpc) is 2.48. The van der Waals surface area contributed by atoms with Crippen LogP contribution in [-0.4, -0.2) is 15.8 Å². The first kappa shape index (κ1) is 17.2. The summed E-state index contributed by atoms with van der Waals surface area (Å²) in [6.07, 6.45) is -4.67. The van der Waals surface area contributed by atoms with Crippen LogP contribution in [0.25, 0.3) is 0 Å². The van der Waals surface area contributed by atoms with Crippen LogP contribution in [0.3, 0.4) is 0 Å². The van der Waals surface area contributed by atoms with E-state index in [1.54, 1.807) is 0 Å². The number of nitro groups is 1. The molecule has 0 saturated heterocycles. The number of para-hydroxylation sites is 1. The lowest BCUT2D eigenvalue weighted by Crippen LogP contribution is -2.22. The van der Waals surface area contributed by atoms with Gasteiger partial charge in [0.25, 0.3) is 11.2 Å². The Labute approximate surface area is 132 Å². The predicted octanol–water partition coefficient (Wildman–Crippen LogP) is 2.48. The van der Waals surface area contributed by atoms with Crippen LogP contribution in [0, 0.1) is 10.1 Å². The van der Waals surface area contributed by atoms with Gasteiger partial charge in [0.2, 0.25) is 5.91 Å². The smallest absolute Gasteiger partial charge is 0.327 e. The van der Waals surface area contributed by atoms with Gasteiger partial charge < -0.3 is 10.3 Å². The van der Waals surface area contributed by atoms with Crippen LogP contribution in [0.1, 0.15) is 11.1 Å². The van der Waals surface area contributed by atoms with Gasteiger partial charge in [0.15, 0.2) is 0 Å². The number of aromatic amines is 1. The molecule has 1 aromatic heterocycles. The van der Waals surface area contributed by atoms with Crippen molar-refractivity contribution in [2.75, 3.05) is 5.32 Å². The summed E-state index contributed by atoms with van der Waals surface area (Å²) in [5.41, 5.74) is -2.87. The van der Waals surface area contributed by atoms with Crippen molar-refractivity contribution in [2.24, 2.45) is 0 Å². The second kappa shape index (κ2) is 6.52. The van der Waals surface area contributed by atoms with Gasteiger partial charge in [0, 0.05) is 17.8 Å². The third kappa shape index (κ3) is 3.97. The topological polar surface area (TPSA) is 105 Å². The molecule has 0 unspecified atom stereocenters. The third-order valence-corrected chi connectivity index (χ3v) is 3.04. The summed E-state index contributed by atoms with van der Waals surface area (Å²) in [5.74, 6) is -0.853. The zero-order valence-electron chi connectivity index (χ0n) is 11.9. The first-order valence-electron chi connectivity index (χ1n) is 6.50. The number of alkyl halides is 3. The van der Waals surface area contributed by atoms with Gasteiger partial charge in [-0.3, -0.25) is 19.7 Å². The number of rotatable bonds is 4. The van der Waals surface area contributed by atoms with E-state index >= 15 is 0 Å². The molecule has 0 spiro atoms. The monoisotopic (exact) mass is 341 g/mol. The number of H-pyrrole nitrogens is 1. The molecule has 126 valence electrons. The Balaban J connectivity index is 2.22. The molecule has 0 aliphatic carbocycles. The molecule has 0 fully saturated rings. The molecule has 7 nitrogen and oxygen atoms in total. The highest BCUT2D eigenvalue weighted by Gasteiger charge is 2.31. The first-order chi connectivity index (χ1) is 11.2. The Hall–Kier alpha value is -3.17. The van der Waals surface area contributed by atoms with Gasteiger partial charge in [-0.2, -0.15) is 13.2 Å². The second-order valence-corrected chi connectivity index (χ2v) is 4.74. The fourth-order valence-corrected chi connectivity index (χ4v) is 1.95. The van der Waals surface area contributed by atoms with Crippen LogP contribution in [0.4, 0.5) is 24.5 Å². The molecular formula is C14H10F3N3O4. The lowest BCUT2D eigenvalue weighted by Gasteiger charge is -2.09. The van der Waals surface area contributed by atoms with Crippen LogP contribution in [-0.2, 0) is 17.4 Å². The minimum Gasteiger partial charge on any atom is -0.327 e. The van der Waals surface area contributed by atoms with Crippen molar-refractivity contribution in [3.63, 3.8) is 0 Å². The number of aromatic nitrogens is 1. The maximum atomic E-state index is 12.6. The molecule has 10 heteroatoms. The Morgan fingerprint density at radius 3 is 2.58 bits per heavy atom. The number of halogens is 3. The van der Waals surface area contributed by atoms with E-state index in [4.69, 9.17) is 0 Å². The number of amides is 1. The van der Waals surface area contributed by atoms with Crippen molar-refractivity contribution in [3.8, 4) is 0 Å². The summed E-state index contributed by atoms with van der Waals surface area (Å²) in [4.78, 5) is 35.5. The Bertz CT molecular complexity index is 846. The number of nitrogens with one attached hydrogen (secondary N) is 2. The van der Waals surface area contributed by atoms with Gasteiger partial charge in [-0.1, -0.05) is 18.2 Å². The Morgan fingerprint density at radius 2 is 1.96 bits per heavy atom. The molecule has 24 heavy (non-hydrogen) atoms. The van der Waals surface area contributed by atoms with E-state index in [1.165, 1.54) is 24.3 Å². The Morgan fingerprint density at radius 1 is 1.29 bits per heavy atom. The lowest BCUT2D eigenvalue weighted by atomic mass is 10.1. The highest BCUT2D eigenvalue weighted by atomic mass is 19.4. The summed E-state index contributed by atoms with van der Waals surface area (Å²) in [5, 5.41) is 12.9. The molecule has 0 aliphatic rings. The van der Waals surface area contributed by atoms with E-state index in [0.29, 0.717) is 12.3 Å². The number of hydrogen-bond acceptors (Lipinski definition) is 4. The van der Waals surface area contributed by atoms with E-state index in [1.807, 2.05) is 10.3 Å². The zero-order valence-corrected chi connectivity index (χ0v) is 11.9. The van der Waals surface area contributed by atoms with Gasteiger partial charge >= 0.3 is 6.18 Å². The normalized spacial score (nSPS) is 11.1. The number of carbonyl (C=O) groups excluding carboxylic acids is 1.